The summed E-state index contributed by atoms with van der Waals surface area (Å²) in [6.07, 6.45) is 0.305. The first-order valence-corrected chi connectivity index (χ1v) is 10.5. The molecule has 3 aromatic carbocycles. The zero-order valence-corrected chi connectivity index (χ0v) is 17.4. The van der Waals surface area contributed by atoms with Crippen LogP contribution in [0.2, 0.25) is 5.02 Å². The van der Waals surface area contributed by atoms with Gasteiger partial charge in [0.25, 0.3) is 0 Å². The van der Waals surface area contributed by atoms with Crippen LogP contribution in [0.3, 0.4) is 0 Å². The molecule has 1 fully saturated rings. The Bertz CT molecular complexity index is 968. The van der Waals surface area contributed by atoms with Crippen LogP contribution in [-0.4, -0.2) is 41.9 Å². The van der Waals surface area contributed by atoms with Crippen LogP contribution in [0.1, 0.15) is 22.7 Å². The Hall–Kier alpha value is -2.69. The summed E-state index contributed by atoms with van der Waals surface area (Å²) in [5.74, 6) is -0.196. The molecule has 30 heavy (non-hydrogen) atoms. The van der Waals surface area contributed by atoms with E-state index in [4.69, 9.17) is 11.6 Å². The van der Waals surface area contributed by atoms with Crippen molar-refractivity contribution in [1.82, 2.24) is 9.80 Å². The lowest BCUT2D eigenvalue weighted by Crippen LogP contribution is -2.50. The molecule has 1 saturated heterocycles. The van der Waals surface area contributed by atoms with Crippen molar-refractivity contribution < 1.29 is 9.18 Å². The lowest BCUT2D eigenvalue weighted by Gasteiger charge is -2.40. The summed E-state index contributed by atoms with van der Waals surface area (Å²) in [5.41, 5.74) is 3.26. The molecule has 0 spiro atoms. The van der Waals surface area contributed by atoms with Gasteiger partial charge in [-0.3, -0.25) is 9.69 Å². The topological polar surface area (TPSA) is 23.6 Å². The van der Waals surface area contributed by atoms with E-state index in [1.54, 1.807) is 12.1 Å². The fourth-order valence-corrected chi connectivity index (χ4v) is 4.14. The summed E-state index contributed by atoms with van der Waals surface area (Å²) < 4.78 is 13.1. The predicted molar refractivity (Wildman–Crippen MR) is 118 cm³/mol. The van der Waals surface area contributed by atoms with E-state index in [9.17, 15) is 9.18 Å². The van der Waals surface area contributed by atoms with Gasteiger partial charge in [-0.15, -0.1) is 0 Å². The second kappa shape index (κ2) is 9.41. The number of halogens is 2. The van der Waals surface area contributed by atoms with E-state index in [1.165, 1.54) is 23.3 Å². The minimum absolute atomic E-state index is 0.0870. The third-order valence-corrected chi connectivity index (χ3v) is 5.85. The summed E-state index contributed by atoms with van der Waals surface area (Å²) in [6.45, 7) is 2.93. The molecule has 1 atom stereocenters. The van der Waals surface area contributed by atoms with Gasteiger partial charge in [0.05, 0.1) is 12.5 Å². The van der Waals surface area contributed by atoms with Crippen LogP contribution in [0, 0.1) is 5.82 Å². The third kappa shape index (κ3) is 4.89. The Labute approximate surface area is 181 Å². The first-order valence-electron chi connectivity index (χ1n) is 10.2. The van der Waals surface area contributed by atoms with Crippen molar-refractivity contribution in [1.29, 1.82) is 0 Å². The number of piperazine rings is 1. The van der Waals surface area contributed by atoms with Gasteiger partial charge in [0.2, 0.25) is 5.91 Å². The van der Waals surface area contributed by atoms with Gasteiger partial charge in [-0.25, -0.2) is 4.39 Å². The van der Waals surface area contributed by atoms with E-state index < -0.39 is 0 Å². The number of carbonyl (C=O) groups is 1. The molecule has 5 heteroatoms. The molecule has 0 N–H and O–H groups in total. The van der Waals surface area contributed by atoms with E-state index in [0.717, 1.165) is 23.7 Å². The van der Waals surface area contributed by atoms with Crippen molar-refractivity contribution in [3.63, 3.8) is 0 Å². The van der Waals surface area contributed by atoms with Gasteiger partial charge in [-0.2, -0.15) is 0 Å². The summed E-state index contributed by atoms with van der Waals surface area (Å²) in [7, 11) is 0. The maximum Gasteiger partial charge on any atom is 0.227 e. The SMILES string of the molecule is O=C(Cc1ccc(F)cc1)N1CCN([C@H](c2ccccc2)c2ccc(Cl)cc2)CC1. The number of rotatable bonds is 5. The van der Waals surface area contributed by atoms with Crippen molar-refractivity contribution in [2.45, 2.75) is 12.5 Å². The van der Waals surface area contributed by atoms with E-state index in [2.05, 4.69) is 41.3 Å². The van der Waals surface area contributed by atoms with Gasteiger partial charge in [0.15, 0.2) is 0 Å². The smallest absolute Gasteiger partial charge is 0.227 e. The number of amides is 1. The van der Waals surface area contributed by atoms with E-state index >= 15 is 0 Å². The fourth-order valence-electron chi connectivity index (χ4n) is 4.01. The average Bonchev–Trinajstić information content (AvgIpc) is 2.78. The van der Waals surface area contributed by atoms with Gasteiger partial charge < -0.3 is 4.90 Å². The van der Waals surface area contributed by atoms with Crippen LogP contribution in [0.25, 0.3) is 0 Å². The molecule has 0 aliphatic carbocycles. The molecule has 1 heterocycles. The van der Waals surface area contributed by atoms with Crippen molar-refractivity contribution in [2.24, 2.45) is 0 Å². The van der Waals surface area contributed by atoms with Crippen LogP contribution in [0.15, 0.2) is 78.9 Å². The Morgan fingerprint density at radius 2 is 1.43 bits per heavy atom. The molecule has 1 aliphatic rings. The zero-order valence-electron chi connectivity index (χ0n) is 16.7. The Balaban J connectivity index is 1.45. The number of carbonyl (C=O) groups excluding carboxylic acids is 1. The lowest BCUT2D eigenvalue weighted by molar-refractivity contribution is -0.132. The minimum Gasteiger partial charge on any atom is -0.340 e. The highest BCUT2D eigenvalue weighted by Crippen LogP contribution is 2.30. The third-order valence-electron chi connectivity index (χ3n) is 5.60. The molecule has 3 aromatic rings. The van der Waals surface area contributed by atoms with Crippen molar-refractivity contribution in [3.05, 3.63) is 106 Å². The molecule has 1 aliphatic heterocycles. The highest BCUT2D eigenvalue weighted by atomic mass is 35.5. The van der Waals surface area contributed by atoms with Crippen molar-refractivity contribution in [3.8, 4) is 0 Å². The molecule has 0 saturated carbocycles. The Morgan fingerprint density at radius 1 is 0.833 bits per heavy atom. The van der Waals surface area contributed by atoms with Crippen LogP contribution in [0.5, 0.6) is 0 Å². The summed E-state index contributed by atoms with van der Waals surface area (Å²) in [5, 5.41) is 0.724. The molecule has 4 rings (SSSR count). The second-order valence-corrected chi connectivity index (χ2v) is 8.02. The molecule has 3 nitrogen and oxygen atoms in total. The van der Waals surface area contributed by atoms with Gasteiger partial charge in [-0.05, 0) is 41.0 Å². The van der Waals surface area contributed by atoms with Gasteiger partial charge in [0.1, 0.15) is 5.82 Å². The van der Waals surface area contributed by atoms with E-state index in [-0.39, 0.29) is 17.8 Å². The normalized spacial score (nSPS) is 15.7. The maximum atomic E-state index is 13.1. The number of hydrogen-bond acceptors (Lipinski definition) is 2. The number of nitrogens with zero attached hydrogens (tertiary/aromatic N) is 2. The summed E-state index contributed by atoms with van der Waals surface area (Å²) >= 11 is 6.10. The van der Waals surface area contributed by atoms with E-state index in [1.807, 2.05) is 23.1 Å². The number of benzene rings is 3. The first-order chi connectivity index (χ1) is 14.6. The van der Waals surface area contributed by atoms with Crippen LogP contribution in [0.4, 0.5) is 4.39 Å². The molecular weight excluding hydrogens is 399 g/mol. The molecular formula is C25H24ClFN2O. The van der Waals surface area contributed by atoms with Crippen LogP contribution < -0.4 is 0 Å². The molecule has 0 radical (unpaired) electrons. The molecule has 154 valence electrons. The van der Waals surface area contributed by atoms with E-state index in [0.29, 0.717) is 19.5 Å². The molecule has 0 bridgehead atoms. The monoisotopic (exact) mass is 422 g/mol. The highest BCUT2D eigenvalue weighted by molar-refractivity contribution is 6.30. The zero-order chi connectivity index (χ0) is 20.9. The molecule has 0 unspecified atom stereocenters. The summed E-state index contributed by atoms with van der Waals surface area (Å²) in [4.78, 5) is 17.0. The highest BCUT2D eigenvalue weighted by Gasteiger charge is 2.28. The predicted octanol–water partition coefficient (Wildman–Crippen LogP) is 4.96. The molecule has 1 amide bonds. The van der Waals surface area contributed by atoms with Crippen molar-refractivity contribution >= 4 is 17.5 Å². The maximum absolute atomic E-state index is 13.1. The standard InChI is InChI=1S/C25H24ClFN2O/c26-22-10-8-21(9-11-22)25(20-4-2-1-3-5-20)29-16-14-28(15-17-29)24(30)18-19-6-12-23(27)13-7-19/h1-13,25H,14-18H2/t25-/m1/s1. The van der Waals surface area contributed by atoms with Crippen molar-refractivity contribution in [2.75, 3.05) is 26.2 Å². The quantitative estimate of drug-likeness (QED) is 0.580. The minimum atomic E-state index is -0.283. The Kier molecular flexibility index (Phi) is 6.46. The van der Waals surface area contributed by atoms with Crippen LogP contribution in [-0.2, 0) is 11.2 Å². The fraction of sp³-hybridized carbons (Fsp3) is 0.240. The average molecular weight is 423 g/mol. The second-order valence-electron chi connectivity index (χ2n) is 7.58. The van der Waals surface area contributed by atoms with Gasteiger partial charge in [0, 0.05) is 31.2 Å². The first kappa shape index (κ1) is 20.6. The molecule has 0 aromatic heterocycles. The summed E-state index contributed by atoms with van der Waals surface area (Å²) in [6, 6.07) is 24.7. The number of hydrogen-bond donors (Lipinski definition) is 0. The van der Waals surface area contributed by atoms with Crippen LogP contribution >= 0.6 is 11.6 Å². The Morgan fingerprint density at radius 3 is 2.07 bits per heavy atom. The lowest BCUT2D eigenvalue weighted by atomic mass is 9.96. The van der Waals surface area contributed by atoms with Gasteiger partial charge in [-0.1, -0.05) is 66.2 Å². The largest absolute Gasteiger partial charge is 0.340 e. The van der Waals surface area contributed by atoms with Gasteiger partial charge >= 0.3 is 0 Å².